The first-order chi connectivity index (χ1) is 12.2. The van der Waals surface area contributed by atoms with E-state index in [0.29, 0.717) is 18.1 Å². The number of hydrogen-bond acceptors (Lipinski definition) is 6. The first kappa shape index (κ1) is 17.2. The zero-order valence-corrected chi connectivity index (χ0v) is 14.7. The lowest BCUT2D eigenvalue weighted by Crippen LogP contribution is -2.23. The molecule has 0 aliphatic carbocycles. The van der Waals surface area contributed by atoms with Gasteiger partial charge < -0.3 is 14.6 Å². The summed E-state index contributed by atoms with van der Waals surface area (Å²) < 4.78 is 10.4. The van der Waals surface area contributed by atoms with Crippen LogP contribution in [-0.4, -0.2) is 23.2 Å². The van der Waals surface area contributed by atoms with Gasteiger partial charge in [0, 0.05) is 16.9 Å². The molecule has 0 saturated carbocycles. The maximum Gasteiger partial charge on any atom is 0.257 e. The van der Waals surface area contributed by atoms with Gasteiger partial charge in [-0.3, -0.25) is 4.79 Å². The third-order valence-electron chi connectivity index (χ3n) is 3.66. The van der Waals surface area contributed by atoms with Crippen LogP contribution in [-0.2, 0) is 17.8 Å². The summed E-state index contributed by atoms with van der Waals surface area (Å²) in [4.78, 5) is 17.5. The summed E-state index contributed by atoms with van der Waals surface area (Å²) in [6, 6.07) is 11.5. The Kier molecular flexibility index (Phi) is 5.79. The number of aryl methyl sites for hydroxylation is 1. The van der Waals surface area contributed by atoms with E-state index >= 15 is 0 Å². The summed E-state index contributed by atoms with van der Waals surface area (Å²) in [6.07, 6.45) is 2.24. The standard InChI is InChI=1S/C18H19N3O3S/c1-23-14-9-7-13(8-10-14)18-20-16(21-24-18)12-19-17(22)6-2-4-15-5-3-11-25-15/h3,5,7-11H,2,4,6,12H2,1H3,(H,19,22). The number of aromatic nitrogens is 2. The molecule has 3 aromatic rings. The number of thiophene rings is 1. The van der Waals surface area contributed by atoms with Crippen molar-refractivity contribution in [3.63, 3.8) is 0 Å². The van der Waals surface area contributed by atoms with Crippen LogP contribution in [0, 0.1) is 0 Å². The molecule has 0 unspecified atom stereocenters. The van der Waals surface area contributed by atoms with Crippen molar-refractivity contribution in [3.05, 3.63) is 52.5 Å². The van der Waals surface area contributed by atoms with Gasteiger partial charge in [0.05, 0.1) is 13.7 Å². The van der Waals surface area contributed by atoms with E-state index in [4.69, 9.17) is 9.26 Å². The largest absolute Gasteiger partial charge is 0.497 e. The molecule has 1 aromatic carbocycles. The average molecular weight is 357 g/mol. The average Bonchev–Trinajstić information content (AvgIpc) is 3.32. The Morgan fingerprint density at radius 3 is 2.84 bits per heavy atom. The molecule has 0 aliphatic rings. The van der Waals surface area contributed by atoms with Crippen LogP contribution in [0.4, 0.5) is 0 Å². The number of nitrogens with zero attached hydrogens (tertiary/aromatic N) is 2. The second-order valence-corrected chi connectivity index (χ2v) is 6.49. The quantitative estimate of drug-likeness (QED) is 0.668. The van der Waals surface area contributed by atoms with Crippen molar-refractivity contribution in [1.82, 2.24) is 15.5 Å². The maximum atomic E-state index is 11.9. The first-order valence-electron chi connectivity index (χ1n) is 8.00. The molecular weight excluding hydrogens is 338 g/mol. The van der Waals surface area contributed by atoms with Gasteiger partial charge in [0.1, 0.15) is 5.75 Å². The van der Waals surface area contributed by atoms with E-state index in [0.717, 1.165) is 24.2 Å². The Morgan fingerprint density at radius 1 is 1.28 bits per heavy atom. The number of ether oxygens (including phenoxy) is 1. The fraction of sp³-hybridized carbons (Fsp3) is 0.278. The molecule has 0 atom stereocenters. The minimum Gasteiger partial charge on any atom is -0.497 e. The molecule has 130 valence electrons. The second-order valence-electron chi connectivity index (χ2n) is 5.45. The Labute approximate surface area is 149 Å². The van der Waals surface area contributed by atoms with E-state index in [2.05, 4.69) is 21.5 Å². The van der Waals surface area contributed by atoms with E-state index in [1.54, 1.807) is 18.4 Å². The predicted molar refractivity (Wildman–Crippen MR) is 95.4 cm³/mol. The molecule has 25 heavy (non-hydrogen) atoms. The molecule has 2 aromatic heterocycles. The van der Waals surface area contributed by atoms with E-state index < -0.39 is 0 Å². The second kappa shape index (κ2) is 8.43. The van der Waals surface area contributed by atoms with Gasteiger partial charge in [-0.2, -0.15) is 4.98 Å². The van der Waals surface area contributed by atoms with Gasteiger partial charge in [0.2, 0.25) is 5.91 Å². The SMILES string of the molecule is COc1ccc(-c2nc(CNC(=O)CCCc3cccs3)no2)cc1. The van der Waals surface area contributed by atoms with Gasteiger partial charge in [-0.05, 0) is 48.6 Å². The van der Waals surface area contributed by atoms with Crippen molar-refractivity contribution in [1.29, 1.82) is 0 Å². The number of nitrogens with one attached hydrogen (secondary N) is 1. The topological polar surface area (TPSA) is 77.2 Å². The van der Waals surface area contributed by atoms with Crippen molar-refractivity contribution in [2.45, 2.75) is 25.8 Å². The highest BCUT2D eigenvalue weighted by Crippen LogP contribution is 2.20. The molecule has 1 N–H and O–H groups in total. The zero-order valence-electron chi connectivity index (χ0n) is 13.9. The van der Waals surface area contributed by atoms with Crippen LogP contribution in [0.3, 0.4) is 0 Å². The monoisotopic (exact) mass is 357 g/mol. The Bertz CT molecular complexity index is 797. The lowest BCUT2D eigenvalue weighted by Gasteiger charge is -2.01. The zero-order chi connectivity index (χ0) is 17.5. The van der Waals surface area contributed by atoms with Gasteiger partial charge in [-0.1, -0.05) is 11.2 Å². The number of methoxy groups -OCH3 is 1. The minimum atomic E-state index is -0.00708. The Balaban J connectivity index is 1.45. The molecule has 0 fully saturated rings. The summed E-state index contributed by atoms with van der Waals surface area (Å²) in [5.74, 6) is 1.63. The summed E-state index contributed by atoms with van der Waals surface area (Å²) in [5.41, 5.74) is 0.807. The van der Waals surface area contributed by atoms with Gasteiger partial charge in [-0.15, -0.1) is 11.3 Å². The molecule has 7 heteroatoms. The summed E-state index contributed by atoms with van der Waals surface area (Å²) in [7, 11) is 1.61. The molecule has 0 aliphatic heterocycles. The molecule has 0 bridgehead atoms. The third-order valence-corrected chi connectivity index (χ3v) is 4.59. The number of carbonyl (C=O) groups is 1. The van der Waals surface area contributed by atoms with E-state index in [-0.39, 0.29) is 12.5 Å². The van der Waals surface area contributed by atoms with Crippen LogP contribution >= 0.6 is 11.3 Å². The van der Waals surface area contributed by atoms with Crippen molar-refractivity contribution < 1.29 is 14.1 Å². The van der Waals surface area contributed by atoms with Crippen LogP contribution in [0.1, 0.15) is 23.5 Å². The molecule has 0 radical (unpaired) electrons. The first-order valence-corrected chi connectivity index (χ1v) is 8.88. The fourth-order valence-electron chi connectivity index (χ4n) is 2.32. The molecule has 1 amide bonds. The van der Waals surface area contributed by atoms with Crippen LogP contribution in [0.2, 0.25) is 0 Å². The van der Waals surface area contributed by atoms with Gasteiger partial charge in [0.25, 0.3) is 5.89 Å². The smallest absolute Gasteiger partial charge is 0.257 e. The molecule has 2 heterocycles. The number of hydrogen-bond donors (Lipinski definition) is 1. The summed E-state index contributed by atoms with van der Waals surface area (Å²) in [5, 5.41) is 8.77. The minimum absolute atomic E-state index is 0.00708. The van der Waals surface area contributed by atoms with Crippen LogP contribution in [0.5, 0.6) is 5.75 Å². The highest BCUT2D eigenvalue weighted by Gasteiger charge is 2.10. The van der Waals surface area contributed by atoms with Crippen LogP contribution in [0.25, 0.3) is 11.5 Å². The highest BCUT2D eigenvalue weighted by atomic mass is 32.1. The summed E-state index contributed by atoms with van der Waals surface area (Å²) >= 11 is 1.72. The van der Waals surface area contributed by atoms with E-state index in [1.807, 2.05) is 35.7 Å². The number of carbonyl (C=O) groups excluding carboxylic acids is 1. The van der Waals surface area contributed by atoms with E-state index in [1.165, 1.54) is 4.88 Å². The van der Waals surface area contributed by atoms with Crippen LogP contribution in [0.15, 0.2) is 46.3 Å². The molecule has 0 saturated heterocycles. The Hall–Kier alpha value is -2.67. The van der Waals surface area contributed by atoms with Gasteiger partial charge in [0.15, 0.2) is 5.82 Å². The van der Waals surface area contributed by atoms with Gasteiger partial charge >= 0.3 is 0 Å². The lowest BCUT2D eigenvalue weighted by atomic mass is 10.2. The number of amides is 1. The Morgan fingerprint density at radius 2 is 2.12 bits per heavy atom. The molecule has 3 rings (SSSR count). The molecule has 0 spiro atoms. The highest BCUT2D eigenvalue weighted by molar-refractivity contribution is 7.09. The number of rotatable bonds is 8. The normalized spacial score (nSPS) is 10.6. The predicted octanol–water partition coefficient (Wildman–Crippen LogP) is 3.45. The summed E-state index contributed by atoms with van der Waals surface area (Å²) in [6.45, 7) is 0.261. The van der Waals surface area contributed by atoms with Crippen molar-refractivity contribution in [2.24, 2.45) is 0 Å². The third kappa shape index (κ3) is 4.90. The lowest BCUT2D eigenvalue weighted by molar-refractivity contribution is -0.121. The van der Waals surface area contributed by atoms with Crippen molar-refractivity contribution in [3.8, 4) is 17.2 Å². The maximum absolute atomic E-state index is 11.9. The fourth-order valence-corrected chi connectivity index (χ4v) is 3.07. The van der Waals surface area contributed by atoms with Crippen molar-refractivity contribution >= 4 is 17.2 Å². The number of benzene rings is 1. The van der Waals surface area contributed by atoms with Crippen molar-refractivity contribution in [2.75, 3.05) is 7.11 Å². The van der Waals surface area contributed by atoms with Crippen LogP contribution < -0.4 is 10.1 Å². The molecular formula is C18H19N3O3S. The van der Waals surface area contributed by atoms with E-state index in [9.17, 15) is 4.79 Å². The molecule has 6 nitrogen and oxygen atoms in total. The van der Waals surface area contributed by atoms with Gasteiger partial charge in [-0.25, -0.2) is 0 Å².